The summed E-state index contributed by atoms with van der Waals surface area (Å²) in [6, 6.07) is 9.10. The molecule has 1 aromatic rings. The largest absolute Gasteiger partial charge is 0.281 e. The second-order valence-electron chi connectivity index (χ2n) is 2.62. The number of carbonyl (C=O) groups is 1. The number of allylic oxidation sites excluding steroid dienone is 4. The summed E-state index contributed by atoms with van der Waals surface area (Å²) in [5.74, 6) is 0. The number of hydrogen-bond donors (Lipinski definition) is 0. The van der Waals surface area contributed by atoms with Gasteiger partial charge in [0.1, 0.15) is 6.29 Å². The van der Waals surface area contributed by atoms with E-state index in [2.05, 4.69) is 44.5 Å². The van der Waals surface area contributed by atoms with Crippen LogP contribution in [0.2, 0.25) is 0 Å². The van der Waals surface area contributed by atoms with Crippen LogP contribution >= 0.6 is 13.4 Å². The van der Waals surface area contributed by atoms with Crippen molar-refractivity contribution < 1.29 is 26.8 Å². The van der Waals surface area contributed by atoms with E-state index < -0.39 is 0 Å². The van der Waals surface area contributed by atoms with Crippen LogP contribution < -0.4 is 0 Å². The van der Waals surface area contributed by atoms with Gasteiger partial charge in [-0.15, -0.1) is 0 Å². The van der Waals surface area contributed by atoms with E-state index >= 15 is 0 Å². The predicted octanol–water partition coefficient (Wildman–Crippen LogP) is 3.45. The topological polar surface area (TPSA) is 34.1 Å². The molecule has 0 atom stereocenters. The van der Waals surface area contributed by atoms with Gasteiger partial charge in [0.05, 0.1) is 0 Å². The van der Waals surface area contributed by atoms with Crippen molar-refractivity contribution in [2.24, 2.45) is 0 Å². The Morgan fingerprint density at radius 2 is 1.53 bits per heavy atom. The van der Waals surface area contributed by atoms with Crippen LogP contribution in [0.15, 0.2) is 54.6 Å². The number of halogens is 1. The van der Waals surface area contributed by atoms with Gasteiger partial charge in [-0.1, -0.05) is 54.6 Å². The third-order valence-electron chi connectivity index (χ3n) is 1.59. The molecule has 0 unspecified atom stereocenters. The molecule has 17 heavy (non-hydrogen) atoms. The molecule has 2 radical (unpaired) electrons. The quantitative estimate of drug-likeness (QED) is 0.595. The van der Waals surface area contributed by atoms with E-state index in [-0.39, 0.29) is 0 Å². The summed E-state index contributed by atoms with van der Waals surface area (Å²) >= 11 is 4.53. The second kappa shape index (κ2) is 17.6. The Labute approximate surface area is 119 Å². The molecule has 2 rings (SSSR count). The van der Waals surface area contributed by atoms with Crippen LogP contribution in [0.1, 0.15) is 16.8 Å². The molecule has 0 aromatic heterocycles. The normalized spacial score (nSPS) is 9.76. The maximum absolute atomic E-state index is 10.0. The first kappa shape index (κ1) is 18.5. The van der Waals surface area contributed by atoms with Crippen LogP contribution in [-0.2, 0) is 22.0 Å². The molecule has 0 fully saturated rings. The Kier molecular flexibility index (Phi) is 19.2. The first-order valence-corrected chi connectivity index (χ1v) is 10.5. The van der Waals surface area contributed by atoms with E-state index in [4.69, 9.17) is 4.79 Å². The Bertz CT molecular complexity index is 313. The summed E-state index contributed by atoms with van der Waals surface area (Å²) in [6.45, 7) is 4.50. The van der Waals surface area contributed by atoms with Crippen molar-refractivity contribution in [2.75, 3.05) is 0 Å². The summed E-state index contributed by atoms with van der Waals surface area (Å²) in [6.07, 6.45) is 10.3. The van der Waals surface area contributed by atoms with E-state index in [1.54, 1.807) is 12.1 Å². The number of rotatable bonds is 1. The molecule has 2 nitrogen and oxygen atoms in total. The number of carbonyl (C=O) groups excluding carboxylic acids is 2. The minimum atomic E-state index is 0.729. The Morgan fingerprint density at radius 1 is 1.06 bits per heavy atom. The fourth-order valence-corrected chi connectivity index (χ4v) is 0.924. The zero-order valence-electron chi connectivity index (χ0n) is 9.05. The van der Waals surface area contributed by atoms with Gasteiger partial charge in [0.15, 0.2) is 0 Å². The maximum Gasteiger partial charge on any atom is 0.281 e. The third kappa shape index (κ3) is 13.1. The van der Waals surface area contributed by atoms with Gasteiger partial charge in [-0.2, -0.15) is 0 Å². The van der Waals surface area contributed by atoms with Crippen molar-refractivity contribution in [2.45, 2.75) is 6.42 Å². The second-order valence-corrected chi connectivity index (χ2v) is 2.62. The van der Waals surface area contributed by atoms with Crippen LogP contribution in [0.4, 0.5) is 0 Å². The molecule has 0 N–H and O–H groups in total. The van der Waals surface area contributed by atoms with E-state index in [1.807, 2.05) is 18.2 Å². The Morgan fingerprint density at radius 3 is 1.76 bits per heavy atom. The average Bonchev–Trinajstić information content (AvgIpc) is 3.03. The van der Waals surface area contributed by atoms with Crippen molar-refractivity contribution >= 4 is 26.5 Å². The van der Waals surface area contributed by atoms with Gasteiger partial charge in [-0.05, 0) is 6.42 Å². The maximum atomic E-state index is 10.0. The molecule has 0 aliphatic heterocycles. The summed E-state index contributed by atoms with van der Waals surface area (Å²) in [5.41, 5.74) is 0.729. The fourth-order valence-electron chi connectivity index (χ4n) is 0.924. The number of hydrogen-bond acceptors (Lipinski definition) is 2. The van der Waals surface area contributed by atoms with E-state index in [0.29, 0.717) is 0 Å². The molecule has 0 saturated carbocycles. The average molecular weight is 466 g/mol. The van der Waals surface area contributed by atoms with E-state index in [9.17, 15) is 4.79 Å². The summed E-state index contributed by atoms with van der Waals surface area (Å²) in [4.78, 5) is 17.5. The SMILES string of the molecule is C1=CCC=C1.O=Cc1ccccc1.[Br][Re].[C]=O. The molecule has 1 aliphatic rings. The molecule has 0 amide bonds. The molecule has 0 bridgehead atoms. The van der Waals surface area contributed by atoms with Gasteiger partial charge >= 0.3 is 30.6 Å². The molecule has 0 saturated heterocycles. The number of aldehydes is 1. The van der Waals surface area contributed by atoms with Gasteiger partial charge in [0, 0.05) is 5.56 Å². The first-order valence-electron chi connectivity index (χ1n) is 4.60. The van der Waals surface area contributed by atoms with E-state index in [1.165, 1.54) is 17.2 Å². The monoisotopic (exact) mass is 466 g/mol. The van der Waals surface area contributed by atoms with Gasteiger partial charge in [0.25, 0.3) is 6.79 Å². The molecule has 0 spiro atoms. The first-order chi connectivity index (χ1) is 8.43. The van der Waals surface area contributed by atoms with Crippen molar-refractivity contribution in [3.63, 3.8) is 0 Å². The molecular weight excluding hydrogens is 454 g/mol. The predicted molar refractivity (Wildman–Crippen MR) is 69.3 cm³/mol. The van der Waals surface area contributed by atoms with Gasteiger partial charge < -0.3 is 0 Å². The van der Waals surface area contributed by atoms with Crippen molar-refractivity contribution in [3.05, 3.63) is 60.2 Å². The zero-order valence-corrected chi connectivity index (χ0v) is 13.4. The standard InChI is InChI=1S/C7H6O.C5H6.CO.BrH.Re/c8-6-7-4-2-1-3-5-7;1-2-4-5-3-1;1-2;;/h1-6H;1-4H,5H2;;1H;/q;;;;+1/p-1. The van der Waals surface area contributed by atoms with Gasteiger partial charge in [0.2, 0.25) is 0 Å². The van der Waals surface area contributed by atoms with Crippen LogP contribution in [0, 0.1) is 0 Å². The number of benzene rings is 1. The summed E-state index contributed by atoms with van der Waals surface area (Å²) in [7, 11) is 0. The molecule has 0 heterocycles. The Balaban J connectivity index is 0. The van der Waals surface area contributed by atoms with Gasteiger partial charge in [-0.3, -0.25) is 9.59 Å². The molecule has 4 heteroatoms. The van der Waals surface area contributed by atoms with Crippen LogP contribution in [0.25, 0.3) is 0 Å². The van der Waals surface area contributed by atoms with Crippen LogP contribution in [0.3, 0.4) is 0 Å². The minimum absolute atomic E-state index is 0.729. The minimum Gasteiger partial charge on any atom is -0.281 e. The van der Waals surface area contributed by atoms with Crippen molar-refractivity contribution in [3.8, 4) is 0 Å². The van der Waals surface area contributed by atoms with Crippen molar-refractivity contribution in [1.82, 2.24) is 0 Å². The van der Waals surface area contributed by atoms with E-state index in [0.717, 1.165) is 18.3 Å². The molecule has 1 aliphatic carbocycles. The smallest absolute Gasteiger partial charge is 0.281 e. The molecular formula is C13H12BrO2Re. The summed E-state index contributed by atoms with van der Waals surface area (Å²) < 4.78 is 0. The van der Waals surface area contributed by atoms with Crippen molar-refractivity contribution in [1.29, 1.82) is 0 Å². The van der Waals surface area contributed by atoms with Crippen LogP contribution in [0.5, 0.6) is 0 Å². The zero-order chi connectivity index (χ0) is 13.4. The molecule has 1 aromatic carbocycles. The third-order valence-corrected chi connectivity index (χ3v) is 1.59. The molecule has 90 valence electrons. The Hall–Kier alpha value is -0.818. The fraction of sp³-hybridized carbons (Fsp3) is 0.0769. The van der Waals surface area contributed by atoms with Gasteiger partial charge in [-0.25, -0.2) is 0 Å². The van der Waals surface area contributed by atoms with Crippen LogP contribution in [-0.4, -0.2) is 13.1 Å². The summed E-state index contributed by atoms with van der Waals surface area (Å²) in [5, 5.41) is 0.